The molecule has 1 atom stereocenters. The molecule has 0 bridgehead atoms. The molecule has 2 rings (SSSR count). The Morgan fingerprint density at radius 2 is 1.83 bits per heavy atom. The molecule has 0 spiro atoms. The normalized spacial score (nSPS) is 12.4. The third-order valence-corrected chi connectivity index (χ3v) is 3.06. The van der Waals surface area contributed by atoms with Gasteiger partial charge in [0, 0.05) is 6.20 Å². The van der Waals surface area contributed by atoms with Gasteiger partial charge < -0.3 is 5.32 Å². The molecule has 0 saturated carbocycles. The largest absolute Gasteiger partial charge is 0.311 e. The molecule has 1 heterocycles. The van der Waals surface area contributed by atoms with Gasteiger partial charge in [0.15, 0.2) is 0 Å². The van der Waals surface area contributed by atoms with Crippen LogP contribution in [0.25, 0.3) is 0 Å². The average Bonchev–Trinajstić information content (AvgIpc) is 2.38. The van der Waals surface area contributed by atoms with Crippen molar-refractivity contribution in [2.75, 3.05) is 7.05 Å². The summed E-state index contributed by atoms with van der Waals surface area (Å²) in [5, 5.41) is 3.32. The van der Waals surface area contributed by atoms with Crippen LogP contribution in [-0.2, 0) is 6.42 Å². The molecular formula is C15H19N3. The van der Waals surface area contributed by atoms with Gasteiger partial charge in [-0.3, -0.25) is 0 Å². The summed E-state index contributed by atoms with van der Waals surface area (Å²) in [4.78, 5) is 8.62. The van der Waals surface area contributed by atoms with Gasteiger partial charge >= 0.3 is 0 Å². The monoisotopic (exact) mass is 241 g/mol. The number of hydrogen-bond donors (Lipinski definition) is 1. The zero-order valence-corrected chi connectivity index (χ0v) is 11.1. The highest BCUT2D eigenvalue weighted by Gasteiger charge is 2.11. The molecule has 0 aliphatic carbocycles. The lowest BCUT2D eigenvalue weighted by Gasteiger charge is -2.16. The maximum absolute atomic E-state index is 4.48. The van der Waals surface area contributed by atoms with E-state index in [4.69, 9.17) is 0 Å². The van der Waals surface area contributed by atoms with Gasteiger partial charge in [-0.15, -0.1) is 0 Å². The van der Waals surface area contributed by atoms with E-state index in [0.29, 0.717) is 0 Å². The molecule has 0 fully saturated rings. The second kappa shape index (κ2) is 5.74. The zero-order valence-electron chi connectivity index (χ0n) is 11.1. The van der Waals surface area contributed by atoms with Gasteiger partial charge in [0.2, 0.25) is 0 Å². The first-order chi connectivity index (χ1) is 8.69. The highest BCUT2D eigenvalue weighted by molar-refractivity contribution is 5.23. The highest BCUT2D eigenvalue weighted by atomic mass is 14.9. The minimum atomic E-state index is 0.231. The molecular weight excluding hydrogens is 222 g/mol. The third-order valence-electron chi connectivity index (χ3n) is 3.06. The van der Waals surface area contributed by atoms with Crippen LogP contribution in [0, 0.1) is 13.8 Å². The molecule has 0 aliphatic heterocycles. The predicted molar refractivity (Wildman–Crippen MR) is 73.5 cm³/mol. The highest BCUT2D eigenvalue weighted by Crippen LogP contribution is 2.16. The van der Waals surface area contributed by atoms with Crippen LogP contribution in [0.4, 0.5) is 0 Å². The Morgan fingerprint density at radius 1 is 1.11 bits per heavy atom. The summed E-state index contributed by atoms with van der Waals surface area (Å²) in [6, 6.07) is 10.8. The average molecular weight is 241 g/mol. The summed E-state index contributed by atoms with van der Waals surface area (Å²) in [5.74, 6) is 0.816. The minimum Gasteiger partial charge on any atom is -0.311 e. The second-order valence-corrected chi connectivity index (χ2v) is 4.56. The predicted octanol–water partition coefficient (Wildman–Crippen LogP) is 2.60. The van der Waals surface area contributed by atoms with E-state index in [9.17, 15) is 0 Å². The quantitative estimate of drug-likeness (QED) is 0.894. The molecule has 94 valence electrons. The van der Waals surface area contributed by atoms with Crippen LogP contribution < -0.4 is 5.32 Å². The fourth-order valence-corrected chi connectivity index (χ4v) is 1.98. The zero-order chi connectivity index (χ0) is 13.0. The van der Waals surface area contributed by atoms with Crippen LogP contribution in [-0.4, -0.2) is 17.0 Å². The van der Waals surface area contributed by atoms with Crippen molar-refractivity contribution in [3.05, 3.63) is 59.2 Å². The van der Waals surface area contributed by atoms with Crippen LogP contribution >= 0.6 is 0 Å². The SMILES string of the molecule is CNC(Cc1ccc(C)cc1)c1ccnc(C)n1. The number of aryl methyl sites for hydroxylation is 2. The lowest BCUT2D eigenvalue weighted by atomic mass is 10.0. The van der Waals surface area contributed by atoms with Gasteiger partial charge in [0.1, 0.15) is 5.82 Å². The van der Waals surface area contributed by atoms with Crippen molar-refractivity contribution in [3.63, 3.8) is 0 Å². The molecule has 0 radical (unpaired) electrons. The summed E-state index contributed by atoms with van der Waals surface area (Å²) in [5.41, 5.74) is 3.65. The summed E-state index contributed by atoms with van der Waals surface area (Å²) >= 11 is 0. The van der Waals surface area contributed by atoms with E-state index < -0.39 is 0 Å². The van der Waals surface area contributed by atoms with E-state index in [2.05, 4.69) is 46.5 Å². The fraction of sp³-hybridized carbons (Fsp3) is 0.333. The van der Waals surface area contributed by atoms with Crippen LogP contribution in [0.2, 0.25) is 0 Å². The lowest BCUT2D eigenvalue weighted by Crippen LogP contribution is -2.20. The Balaban J connectivity index is 2.17. The van der Waals surface area contributed by atoms with Crippen molar-refractivity contribution in [3.8, 4) is 0 Å². The van der Waals surface area contributed by atoms with E-state index in [1.165, 1.54) is 11.1 Å². The summed E-state index contributed by atoms with van der Waals surface area (Å²) in [6.07, 6.45) is 2.75. The Bertz CT molecular complexity index is 505. The molecule has 1 N–H and O–H groups in total. The molecule has 0 aliphatic rings. The van der Waals surface area contributed by atoms with Gasteiger partial charge in [-0.2, -0.15) is 0 Å². The maximum atomic E-state index is 4.48. The van der Waals surface area contributed by atoms with E-state index in [1.54, 1.807) is 0 Å². The number of rotatable bonds is 4. The summed E-state index contributed by atoms with van der Waals surface area (Å²) in [6.45, 7) is 4.02. The van der Waals surface area contributed by atoms with Crippen molar-refractivity contribution in [1.82, 2.24) is 15.3 Å². The first-order valence-electron chi connectivity index (χ1n) is 6.21. The first kappa shape index (κ1) is 12.7. The van der Waals surface area contributed by atoms with Gasteiger partial charge in [-0.05, 0) is 38.9 Å². The molecule has 1 aromatic carbocycles. The molecule has 2 aromatic rings. The standard InChI is InChI=1S/C15H19N3/c1-11-4-6-13(7-5-11)10-15(16-3)14-8-9-17-12(2)18-14/h4-9,15-16H,10H2,1-3H3. The van der Waals surface area contributed by atoms with Crippen LogP contribution in [0.1, 0.15) is 28.7 Å². The van der Waals surface area contributed by atoms with Gasteiger partial charge in [-0.25, -0.2) is 9.97 Å². The van der Waals surface area contributed by atoms with Gasteiger partial charge in [0.25, 0.3) is 0 Å². The van der Waals surface area contributed by atoms with Crippen molar-refractivity contribution < 1.29 is 0 Å². The van der Waals surface area contributed by atoms with Crippen molar-refractivity contribution in [1.29, 1.82) is 0 Å². The summed E-state index contributed by atoms with van der Waals surface area (Å²) < 4.78 is 0. The minimum absolute atomic E-state index is 0.231. The molecule has 3 nitrogen and oxygen atoms in total. The fourth-order valence-electron chi connectivity index (χ4n) is 1.98. The number of hydrogen-bond acceptors (Lipinski definition) is 3. The molecule has 1 unspecified atom stereocenters. The summed E-state index contributed by atoms with van der Waals surface area (Å²) in [7, 11) is 1.97. The Kier molecular flexibility index (Phi) is 4.05. The van der Waals surface area contributed by atoms with E-state index in [1.807, 2.05) is 26.2 Å². The molecule has 18 heavy (non-hydrogen) atoms. The molecule has 0 amide bonds. The first-order valence-corrected chi connectivity index (χ1v) is 6.21. The Hall–Kier alpha value is -1.74. The van der Waals surface area contributed by atoms with E-state index in [0.717, 1.165) is 17.9 Å². The smallest absolute Gasteiger partial charge is 0.125 e. The van der Waals surface area contributed by atoms with Crippen LogP contribution in [0.3, 0.4) is 0 Å². The third kappa shape index (κ3) is 3.14. The molecule has 3 heteroatoms. The Morgan fingerprint density at radius 3 is 2.44 bits per heavy atom. The number of benzene rings is 1. The van der Waals surface area contributed by atoms with Crippen LogP contribution in [0.5, 0.6) is 0 Å². The lowest BCUT2D eigenvalue weighted by molar-refractivity contribution is 0.572. The number of aromatic nitrogens is 2. The number of nitrogens with one attached hydrogen (secondary N) is 1. The van der Waals surface area contributed by atoms with Crippen LogP contribution in [0.15, 0.2) is 36.5 Å². The maximum Gasteiger partial charge on any atom is 0.125 e. The molecule has 0 saturated heterocycles. The second-order valence-electron chi connectivity index (χ2n) is 4.56. The van der Waals surface area contributed by atoms with Crippen molar-refractivity contribution in [2.45, 2.75) is 26.3 Å². The van der Waals surface area contributed by atoms with Gasteiger partial charge in [0.05, 0.1) is 11.7 Å². The van der Waals surface area contributed by atoms with Crippen molar-refractivity contribution in [2.24, 2.45) is 0 Å². The Labute approximate surface area is 108 Å². The molecule has 1 aromatic heterocycles. The van der Waals surface area contributed by atoms with Crippen molar-refractivity contribution >= 4 is 0 Å². The van der Waals surface area contributed by atoms with Gasteiger partial charge in [-0.1, -0.05) is 29.8 Å². The van der Waals surface area contributed by atoms with E-state index >= 15 is 0 Å². The number of likely N-dealkylation sites (N-methyl/N-ethyl adjacent to an activating group) is 1. The topological polar surface area (TPSA) is 37.8 Å². The van der Waals surface area contributed by atoms with E-state index in [-0.39, 0.29) is 6.04 Å². The number of nitrogens with zero attached hydrogens (tertiary/aromatic N) is 2.